The van der Waals surface area contributed by atoms with Gasteiger partial charge >= 0.3 is 0 Å². The zero-order valence-electron chi connectivity index (χ0n) is 14.4. The Labute approximate surface area is 147 Å². The number of carbonyl (C=O) groups excluding carboxylic acids is 2. The predicted molar refractivity (Wildman–Crippen MR) is 91.4 cm³/mol. The summed E-state index contributed by atoms with van der Waals surface area (Å²) in [5.74, 6) is -0.158. The minimum absolute atomic E-state index is 0.0152. The van der Waals surface area contributed by atoms with Crippen LogP contribution in [-0.2, 0) is 20.7 Å². The van der Waals surface area contributed by atoms with E-state index in [0.717, 1.165) is 31.2 Å². The molecule has 25 heavy (non-hydrogen) atoms. The van der Waals surface area contributed by atoms with E-state index in [4.69, 9.17) is 4.74 Å². The molecule has 0 aliphatic carbocycles. The first-order valence-electron chi connectivity index (χ1n) is 9.06. The molecule has 0 bridgehead atoms. The van der Waals surface area contributed by atoms with Crippen LogP contribution in [-0.4, -0.2) is 48.6 Å². The minimum Gasteiger partial charge on any atom is -0.368 e. The van der Waals surface area contributed by atoms with Crippen molar-refractivity contribution in [2.75, 3.05) is 19.7 Å². The summed E-state index contributed by atoms with van der Waals surface area (Å²) >= 11 is 0. The molecule has 2 aliphatic heterocycles. The Hall–Kier alpha value is -1.95. The molecule has 6 heteroatoms. The second kappa shape index (κ2) is 8.43. The van der Waals surface area contributed by atoms with Gasteiger partial charge in [0.05, 0.1) is 0 Å². The van der Waals surface area contributed by atoms with Gasteiger partial charge < -0.3 is 15.0 Å². The molecular weight excluding hydrogens is 323 g/mol. The van der Waals surface area contributed by atoms with Crippen LogP contribution in [0.5, 0.6) is 0 Å². The average Bonchev–Trinajstić information content (AvgIpc) is 3.16. The summed E-state index contributed by atoms with van der Waals surface area (Å²) in [4.78, 5) is 26.2. The Morgan fingerprint density at radius 1 is 1.16 bits per heavy atom. The monoisotopic (exact) mass is 348 g/mol. The number of carbonyl (C=O) groups is 2. The highest BCUT2D eigenvalue weighted by Crippen LogP contribution is 2.16. The normalized spacial score (nSPS) is 21.3. The molecule has 2 heterocycles. The number of amides is 2. The van der Waals surface area contributed by atoms with E-state index in [9.17, 15) is 14.0 Å². The SMILES string of the molecule is O=C(NC1CCN(C(=O)CCc2ccc(F)cc2)CC1)C1CCCO1. The second-order valence-electron chi connectivity index (χ2n) is 6.79. The third-order valence-corrected chi connectivity index (χ3v) is 4.96. The summed E-state index contributed by atoms with van der Waals surface area (Å²) in [6.45, 7) is 2.00. The van der Waals surface area contributed by atoms with E-state index in [2.05, 4.69) is 5.32 Å². The fourth-order valence-corrected chi connectivity index (χ4v) is 3.41. The van der Waals surface area contributed by atoms with Crippen molar-refractivity contribution in [3.05, 3.63) is 35.6 Å². The van der Waals surface area contributed by atoms with E-state index < -0.39 is 0 Å². The van der Waals surface area contributed by atoms with Crippen LogP contribution in [0.4, 0.5) is 4.39 Å². The zero-order chi connectivity index (χ0) is 17.6. The molecule has 0 aromatic heterocycles. The third kappa shape index (κ3) is 5.01. The van der Waals surface area contributed by atoms with Crippen molar-refractivity contribution in [3.63, 3.8) is 0 Å². The number of rotatable bonds is 5. The highest BCUT2D eigenvalue weighted by Gasteiger charge is 2.28. The maximum atomic E-state index is 12.9. The van der Waals surface area contributed by atoms with Crippen molar-refractivity contribution in [1.82, 2.24) is 10.2 Å². The van der Waals surface area contributed by atoms with Crippen molar-refractivity contribution in [2.45, 2.75) is 50.7 Å². The summed E-state index contributed by atoms with van der Waals surface area (Å²) in [5, 5.41) is 3.05. The maximum Gasteiger partial charge on any atom is 0.249 e. The largest absolute Gasteiger partial charge is 0.368 e. The Bertz CT molecular complexity index is 591. The molecule has 1 N–H and O–H groups in total. The number of benzene rings is 1. The van der Waals surface area contributed by atoms with Crippen molar-refractivity contribution in [1.29, 1.82) is 0 Å². The molecule has 0 saturated carbocycles. The van der Waals surface area contributed by atoms with Crippen LogP contribution < -0.4 is 5.32 Å². The number of nitrogens with zero attached hydrogens (tertiary/aromatic N) is 1. The van der Waals surface area contributed by atoms with Gasteiger partial charge in [0.25, 0.3) is 0 Å². The Morgan fingerprint density at radius 2 is 1.88 bits per heavy atom. The summed E-state index contributed by atoms with van der Waals surface area (Å²) in [7, 11) is 0. The lowest BCUT2D eigenvalue weighted by atomic mass is 10.0. The Kier molecular flexibility index (Phi) is 6.02. The van der Waals surface area contributed by atoms with Crippen LogP contribution in [0.3, 0.4) is 0 Å². The molecule has 2 fully saturated rings. The van der Waals surface area contributed by atoms with Crippen LogP contribution in [0.2, 0.25) is 0 Å². The number of hydrogen-bond acceptors (Lipinski definition) is 3. The highest BCUT2D eigenvalue weighted by molar-refractivity contribution is 5.81. The van der Waals surface area contributed by atoms with Gasteiger partial charge in [-0.2, -0.15) is 0 Å². The molecule has 0 spiro atoms. The molecule has 3 rings (SSSR count). The highest BCUT2D eigenvalue weighted by atomic mass is 19.1. The van der Waals surface area contributed by atoms with E-state index in [1.54, 1.807) is 12.1 Å². The second-order valence-corrected chi connectivity index (χ2v) is 6.79. The van der Waals surface area contributed by atoms with Crippen molar-refractivity contribution in [3.8, 4) is 0 Å². The van der Waals surface area contributed by atoms with Crippen LogP contribution in [0.15, 0.2) is 24.3 Å². The number of hydrogen-bond donors (Lipinski definition) is 1. The summed E-state index contributed by atoms with van der Waals surface area (Å²) < 4.78 is 18.3. The van der Waals surface area contributed by atoms with Gasteiger partial charge in [0, 0.05) is 32.2 Å². The standard InChI is InChI=1S/C19H25FN2O3/c20-15-6-3-14(4-7-15)5-8-18(23)22-11-9-16(10-12-22)21-19(24)17-2-1-13-25-17/h3-4,6-7,16-17H,1-2,5,8-13H2,(H,21,24). The van der Waals surface area contributed by atoms with Crippen molar-refractivity contribution in [2.24, 2.45) is 0 Å². The Balaban J connectivity index is 1.38. The molecule has 136 valence electrons. The number of halogens is 1. The molecule has 5 nitrogen and oxygen atoms in total. The Morgan fingerprint density at radius 3 is 2.52 bits per heavy atom. The van der Waals surface area contributed by atoms with Gasteiger partial charge in [0.15, 0.2) is 0 Å². The van der Waals surface area contributed by atoms with Gasteiger partial charge in [0.1, 0.15) is 11.9 Å². The lowest BCUT2D eigenvalue weighted by molar-refractivity contribution is -0.133. The molecule has 2 aliphatic rings. The number of ether oxygens (including phenoxy) is 1. The van der Waals surface area contributed by atoms with E-state index >= 15 is 0 Å². The molecule has 0 radical (unpaired) electrons. The molecular formula is C19H25FN2O3. The number of likely N-dealkylation sites (tertiary alicyclic amines) is 1. The average molecular weight is 348 g/mol. The van der Waals surface area contributed by atoms with Gasteiger partial charge in [-0.25, -0.2) is 4.39 Å². The van der Waals surface area contributed by atoms with E-state index in [-0.39, 0.29) is 29.8 Å². The van der Waals surface area contributed by atoms with Crippen LogP contribution in [0, 0.1) is 5.82 Å². The molecule has 1 unspecified atom stereocenters. The van der Waals surface area contributed by atoms with Gasteiger partial charge in [-0.15, -0.1) is 0 Å². The first-order chi connectivity index (χ1) is 12.1. The number of aryl methyl sites for hydroxylation is 1. The van der Waals surface area contributed by atoms with E-state index in [0.29, 0.717) is 32.5 Å². The lowest BCUT2D eigenvalue weighted by Gasteiger charge is -2.33. The molecule has 2 amide bonds. The molecule has 1 aromatic carbocycles. The first-order valence-corrected chi connectivity index (χ1v) is 9.06. The zero-order valence-corrected chi connectivity index (χ0v) is 14.4. The first kappa shape index (κ1) is 17.9. The minimum atomic E-state index is -0.296. The van der Waals surface area contributed by atoms with Crippen LogP contribution >= 0.6 is 0 Å². The van der Waals surface area contributed by atoms with Crippen molar-refractivity contribution < 1.29 is 18.7 Å². The molecule has 1 atom stereocenters. The maximum absolute atomic E-state index is 12.9. The topological polar surface area (TPSA) is 58.6 Å². The van der Waals surface area contributed by atoms with E-state index in [1.807, 2.05) is 4.90 Å². The third-order valence-electron chi connectivity index (χ3n) is 4.96. The summed E-state index contributed by atoms with van der Waals surface area (Å²) in [6.07, 6.45) is 4.05. The predicted octanol–water partition coefficient (Wildman–Crippen LogP) is 2.04. The van der Waals surface area contributed by atoms with Crippen LogP contribution in [0.25, 0.3) is 0 Å². The smallest absolute Gasteiger partial charge is 0.249 e. The molecule has 2 saturated heterocycles. The van der Waals surface area contributed by atoms with Gasteiger partial charge in [0.2, 0.25) is 11.8 Å². The quantitative estimate of drug-likeness (QED) is 0.886. The fraction of sp³-hybridized carbons (Fsp3) is 0.579. The fourth-order valence-electron chi connectivity index (χ4n) is 3.41. The van der Waals surface area contributed by atoms with Gasteiger partial charge in [-0.1, -0.05) is 12.1 Å². The van der Waals surface area contributed by atoms with Crippen LogP contribution in [0.1, 0.15) is 37.7 Å². The summed E-state index contributed by atoms with van der Waals surface area (Å²) in [6, 6.07) is 6.40. The van der Waals surface area contributed by atoms with Crippen molar-refractivity contribution >= 4 is 11.8 Å². The summed E-state index contributed by atoms with van der Waals surface area (Å²) in [5.41, 5.74) is 0.966. The molecule has 1 aromatic rings. The number of nitrogens with one attached hydrogen (secondary N) is 1. The van der Waals surface area contributed by atoms with E-state index in [1.165, 1.54) is 12.1 Å². The lowest BCUT2D eigenvalue weighted by Crippen LogP contribution is -2.48. The van der Waals surface area contributed by atoms with Gasteiger partial charge in [-0.05, 0) is 49.8 Å². The van der Waals surface area contributed by atoms with Gasteiger partial charge in [-0.3, -0.25) is 9.59 Å². The number of piperidine rings is 1.